The van der Waals surface area contributed by atoms with Crippen molar-refractivity contribution in [1.29, 1.82) is 0 Å². The zero-order valence-electron chi connectivity index (χ0n) is 13.4. The van der Waals surface area contributed by atoms with E-state index >= 15 is 0 Å². The molecule has 0 saturated carbocycles. The van der Waals surface area contributed by atoms with Crippen molar-refractivity contribution in [3.8, 4) is 5.75 Å². The lowest BCUT2D eigenvalue weighted by Crippen LogP contribution is -2.46. The molecule has 3 aliphatic heterocycles. The molecule has 1 aromatic carbocycles. The van der Waals surface area contributed by atoms with Crippen LogP contribution in [-0.4, -0.2) is 75.5 Å². The van der Waals surface area contributed by atoms with E-state index in [4.69, 9.17) is 9.47 Å². The molecule has 1 amide bonds. The summed E-state index contributed by atoms with van der Waals surface area (Å²) in [7, 11) is -3.61. The number of rotatable bonds is 3. The zero-order chi connectivity index (χ0) is 17.6. The summed E-state index contributed by atoms with van der Waals surface area (Å²) >= 11 is 0. The predicted molar refractivity (Wildman–Crippen MR) is 87.2 cm³/mol. The maximum Gasteiger partial charge on any atom is 0.415 e. The highest BCUT2D eigenvalue weighted by Gasteiger charge is 2.46. The number of carbonyl (C=O) groups is 1. The van der Waals surface area contributed by atoms with E-state index < -0.39 is 28.3 Å². The van der Waals surface area contributed by atoms with Crippen LogP contribution in [0.15, 0.2) is 23.1 Å². The van der Waals surface area contributed by atoms with E-state index in [1.54, 1.807) is 6.07 Å². The number of nitrogens with zero attached hydrogens (tertiary/aromatic N) is 2. The number of anilines is 1. The van der Waals surface area contributed by atoms with E-state index in [2.05, 4.69) is 5.32 Å². The summed E-state index contributed by atoms with van der Waals surface area (Å²) in [6, 6.07) is 4.06. The second-order valence-electron chi connectivity index (χ2n) is 6.14. The van der Waals surface area contributed by atoms with Crippen LogP contribution in [0.1, 0.15) is 0 Å². The number of aliphatic hydroxyl groups excluding tert-OH is 1. The van der Waals surface area contributed by atoms with Gasteiger partial charge in [0.2, 0.25) is 10.0 Å². The van der Waals surface area contributed by atoms with Crippen LogP contribution < -0.4 is 15.0 Å². The van der Waals surface area contributed by atoms with E-state index in [1.165, 1.54) is 21.3 Å². The number of piperazine rings is 1. The summed E-state index contributed by atoms with van der Waals surface area (Å²) < 4.78 is 37.8. The van der Waals surface area contributed by atoms with Gasteiger partial charge in [-0.2, -0.15) is 4.31 Å². The van der Waals surface area contributed by atoms with Crippen LogP contribution in [0, 0.1) is 0 Å². The number of carbonyl (C=O) groups excluding carboxylic acids is 1. The number of hydrogen-bond acceptors (Lipinski definition) is 7. The number of amides is 1. The number of ether oxygens (including phenoxy) is 2. The molecule has 0 bridgehead atoms. The Bertz CT molecular complexity index is 792. The summed E-state index contributed by atoms with van der Waals surface area (Å²) in [5, 5.41) is 12.4. The third-order valence-electron chi connectivity index (χ3n) is 4.70. The minimum absolute atomic E-state index is 0.137. The zero-order valence-corrected chi connectivity index (χ0v) is 14.2. The molecule has 136 valence electrons. The van der Waals surface area contributed by atoms with Crippen LogP contribution in [0.25, 0.3) is 0 Å². The fraction of sp³-hybridized carbons (Fsp3) is 0.533. The number of aliphatic hydroxyl groups is 1. The van der Waals surface area contributed by atoms with Gasteiger partial charge >= 0.3 is 6.09 Å². The first kappa shape index (κ1) is 16.6. The van der Waals surface area contributed by atoms with Crippen LogP contribution in [0.4, 0.5) is 10.5 Å². The maximum atomic E-state index is 12.8. The van der Waals surface area contributed by atoms with Gasteiger partial charge < -0.3 is 19.9 Å². The molecule has 0 spiro atoms. The van der Waals surface area contributed by atoms with Gasteiger partial charge in [0.25, 0.3) is 0 Å². The van der Waals surface area contributed by atoms with Crippen LogP contribution in [-0.2, 0) is 14.8 Å². The Hall–Kier alpha value is -1.88. The Morgan fingerprint density at radius 3 is 2.76 bits per heavy atom. The molecule has 0 radical (unpaired) electrons. The molecule has 2 N–H and O–H groups in total. The van der Waals surface area contributed by atoms with E-state index in [0.29, 0.717) is 37.6 Å². The van der Waals surface area contributed by atoms with Gasteiger partial charge in [0.1, 0.15) is 18.4 Å². The molecule has 0 unspecified atom stereocenters. The number of fused-ring (bicyclic) bond motifs is 3. The molecule has 1 aromatic rings. The number of sulfonamides is 1. The lowest BCUT2D eigenvalue weighted by Gasteiger charge is -2.31. The van der Waals surface area contributed by atoms with Gasteiger partial charge in [0.15, 0.2) is 6.10 Å². The Labute approximate surface area is 145 Å². The molecule has 10 heteroatoms. The van der Waals surface area contributed by atoms with Gasteiger partial charge in [-0.25, -0.2) is 13.2 Å². The molecule has 2 saturated heterocycles. The van der Waals surface area contributed by atoms with Crippen molar-refractivity contribution < 1.29 is 27.8 Å². The fourth-order valence-electron chi connectivity index (χ4n) is 3.36. The van der Waals surface area contributed by atoms with Crippen LogP contribution in [0.2, 0.25) is 0 Å². The Morgan fingerprint density at radius 2 is 2.04 bits per heavy atom. The van der Waals surface area contributed by atoms with Gasteiger partial charge in [-0.05, 0) is 12.1 Å². The highest BCUT2D eigenvalue weighted by atomic mass is 32.2. The predicted octanol–water partition coefficient (Wildman–Crippen LogP) is -0.641. The first-order valence-corrected chi connectivity index (χ1v) is 9.55. The van der Waals surface area contributed by atoms with Gasteiger partial charge in [-0.15, -0.1) is 0 Å². The fourth-order valence-corrected chi connectivity index (χ4v) is 4.82. The molecule has 9 nitrogen and oxygen atoms in total. The van der Waals surface area contributed by atoms with Gasteiger partial charge in [-0.3, -0.25) is 4.90 Å². The van der Waals surface area contributed by atoms with E-state index in [9.17, 15) is 18.3 Å². The van der Waals surface area contributed by atoms with Crippen molar-refractivity contribution in [3.63, 3.8) is 0 Å². The van der Waals surface area contributed by atoms with Crippen LogP contribution in [0.3, 0.4) is 0 Å². The largest absolute Gasteiger partial charge is 0.489 e. The van der Waals surface area contributed by atoms with Crippen LogP contribution >= 0.6 is 0 Å². The average molecular weight is 369 g/mol. The second kappa shape index (κ2) is 6.13. The van der Waals surface area contributed by atoms with E-state index in [-0.39, 0.29) is 18.1 Å². The first-order valence-electron chi connectivity index (χ1n) is 8.11. The number of benzene rings is 1. The third kappa shape index (κ3) is 2.65. The molecular formula is C15H19N3O6S. The molecule has 25 heavy (non-hydrogen) atoms. The second-order valence-corrected chi connectivity index (χ2v) is 8.07. The van der Waals surface area contributed by atoms with Gasteiger partial charge in [0, 0.05) is 32.2 Å². The Morgan fingerprint density at radius 1 is 1.28 bits per heavy atom. The summed E-state index contributed by atoms with van der Waals surface area (Å²) in [5.74, 6) is 0.322. The molecule has 2 atom stereocenters. The maximum absolute atomic E-state index is 12.8. The summed E-state index contributed by atoms with van der Waals surface area (Å²) in [5.41, 5.74) is 0.455. The van der Waals surface area contributed by atoms with Gasteiger partial charge in [-0.1, -0.05) is 0 Å². The van der Waals surface area contributed by atoms with E-state index in [0.717, 1.165) is 0 Å². The Balaban J connectivity index is 1.67. The van der Waals surface area contributed by atoms with Crippen molar-refractivity contribution >= 4 is 21.8 Å². The minimum Gasteiger partial charge on any atom is -0.489 e. The molecule has 4 rings (SSSR count). The minimum atomic E-state index is -3.61. The monoisotopic (exact) mass is 369 g/mol. The molecule has 0 aromatic heterocycles. The number of hydrogen-bond donors (Lipinski definition) is 2. The average Bonchev–Trinajstić information content (AvgIpc) is 2.98. The van der Waals surface area contributed by atoms with E-state index in [1.807, 2.05) is 0 Å². The van der Waals surface area contributed by atoms with Crippen molar-refractivity contribution in [1.82, 2.24) is 9.62 Å². The third-order valence-corrected chi connectivity index (χ3v) is 6.60. The number of cyclic esters (lactones) is 1. The van der Waals surface area contributed by atoms with Crippen LogP contribution in [0.5, 0.6) is 5.75 Å². The lowest BCUT2D eigenvalue weighted by molar-refractivity contribution is 0.0733. The molecular weight excluding hydrogens is 350 g/mol. The number of nitrogens with one attached hydrogen (secondary N) is 1. The highest BCUT2D eigenvalue weighted by Crippen LogP contribution is 2.40. The van der Waals surface area contributed by atoms with Crippen molar-refractivity contribution in [3.05, 3.63) is 18.2 Å². The normalized spacial score (nSPS) is 26.6. The topological polar surface area (TPSA) is 108 Å². The lowest BCUT2D eigenvalue weighted by atomic mass is 10.1. The summed E-state index contributed by atoms with van der Waals surface area (Å²) in [4.78, 5) is 13.6. The standard InChI is InChI=1S/C15H19N3O6S/c19-8-14-12-9-23-13-7-10(1-2-11(13)18(12)15(20)24-14)25(21,22)17-5-3-16-4-6-17/h1-2,7,12,14,16,19H,3-6,8-9H2/t12-,14+/m0/s1. The quantitative estimate of drug-likeness (QED) is 0.729. The molecule has 3 heterocycles. The first-order chi connectivity index (χ1) is 12.0. The Kier molecular flexibility index (Phi) is 4.07. The summed E-state index contributed by atoms with van der Waals surface area (Å²) in [6.07, 6.45) is -1.21. The SMILES string of the molecule is O=C1O[C@H](CO)[C@@H]2COc3cc(S(=O)(=O)N4CCNCC4)ccc3N12. The summed E-state index contributed by atoms with van der Waals surface area (Å²) in [6.45, 7) is 1.91. The molecule has 3 aliphatic rings. The smallest absolute Gasteiger partial charge is 0.415 e. The highest BCUT2D eigenvalue weighted by molar-refractivity contribution is 7.89. The van der Waals surface area contributed by atoms with Crippen molar-refractivity contribution in [2.45, 2.75) is 17.0 Å². The van der Waals surface area contributed by atoms with Crippen molar-refractivity contribution in [2.24, 2.45) is 0 Å². The van der Waals surface area contributed by atoms with Gasteiger partial charge in [0.05, 0.1) is 17.2 Å². The molecule has 0 aliphatic carbocycles. The molecule has 2 fully saturated rings. The van der Waals surface area contributed by atoms with Crippen molar-refractivity contribution in [2.75, 3.05) is 44.3 Å².